The van der Waals surface area contributed by atoms with Gasteiger partial charge in [0.25, 0.3) is 0 Å². The Morgan fingerprint density at radius 3 is 1.70 bits per heavy atom. The molecule has 0 amide bonds. The van der Waals surface area contributed by atoms with Crippen LogP contribution < -0.4 is 10.6 Å². The lowest BCUT2D eigenvalue weighted by molar-refractivity contribution is 0.115. The highest BCUT2D eigenvalue weighted by Gasteiger charge is 2.25. The van der Waals surface area contributed by atoms with Crippen molar-refractivity contribution in [3.05, 3.63) is 144 Å². The van der Waals surface area contributed by atoms with E-state index in [4.69, 9.17) is 0 Å². The summed E-state index contributed by atoms with van der Waals surface area (Å²) in [5.41, 5.74) is 4.85. The first-order chi connectivity index (χ1) is 18.0. The molecule has 0 heterocycles. The van der Waals surface area contributed by atoms with Gasteiger partial charge < -0.3 is 15.7 Å². The molecule has 4 aromatic carbocycles. The summed E-state index contributed by atoms with van der Waals surface area (Å²) < 4.78 is 0. The van der Waals surface area contributed by atoms with Crippen molar-refractivity contribution in [3.8, 4) is 0 Å². The Balaban J connectivity index is 1.44. The third kappa shape index (κ3) is 7.87. The minimum Gasteiger partial charge on any atom is -0.390 e. The molecule has 37 heavy (non-hydrogen) atoms. The van der Waals surface area contributed by atoms with Crippen LogP contribution in [0.25, 0.3) is 0 Å². The zero-order chi connectivity index (χ0) is 25.9. The molecule has 4 rings (SSSR count). The topological polar surface area (TPSA) is 44.3 Å². The van der Waals surface area contributed by atoms with E-state index < -0.39 is 6.10 Å². The number of nitrogens with one attached hydrogen (secondary N) is 2. The summed E-state index contributed by atoms with van der Waals surface area (Å²) in [4.78, 5) is 0. The molecule has 3 heteroatoms. The van der Waals surface area contributed by atoms with Crippen molar-refractivity contribution in [2.75, 3.05) is 13.1 Å². The van der Waals surface area contributed by atoms with Crippen LogP contribution in [0.15, 0.2) is 121 Å². The van der Waals surface area contributed by atoms with Crippen molar-refractivity contribution in [2.45, 2.75) is 50.3 Å². The molecule has 0 saturated carbocycles. The number of hydrogen-bond acceptors (Lipinski definition) is 3. The van der Waals surface area contributed by atoms with Crippen LogP contribution in [0.2, 0.25) is 0 Å². The van der Waals surface area contributed by atoms with Gasteiger partial charge in [-0.15, -0.1) is 0 Å². The summed E-state index contributed by atoms with van der Waals surface area (Å²) in [6.07, 6.45) is 1.20. The molecule has 0 unspecified atom stereocenters. The lowest BCUT2D eigenvalue weighted by Gasteiger charge is -2.31. The monoisotopic (exact) mass is 492 g/mol. The van der Waals surface area contributed by atoms with E-state index in [1.807, 2.05) is 12.1 Å². The second kappa shape index (κ2) is 13.3. The number of rotatable bonds is 13. The number of aliphatic hydroxyl groups is 1. The Labute approximate surface area is 222 Å². The van der Waals surface area contributed by atoms with Gasteiger partial charge in [0.2, 0.25) is 0 Å². The van der Waals surface area contributed by atoms with E-state index in [0.29, 0.717) is 12.5 Å². The third-order valence-corrected chi connectivity index (χ3v) is 7.25. The average Bonchev–Trinajstić information content (AvgIpc) is 2.95. The van der Waals surface area contributed by atoms with Crippen LogP contribution in [-0.2, 0) is 12.0 Å². The molecular formula is C34H40N2O. The average molecular weight is 493 g/mol. The van der Waals surface area contributed by atoms with Gasteiger partial charge in [-0.1, -0.05) is 121 Å². The molecule has 0 radical (unpaired) electrons. The second-order valence-corrected chi connectivity index (χ2v) is 10.4. The molecule has 0 aliphatic rings. The van der Waals surface area contributed by atoms with Crippen molar-refractivity contribution in [3.63, 3.8) is 0 Å². The van der Waals surface area contributed by atoms with Gasteiger partial charge in [0.15, 0.2) is 0 Å². The fourth-order valence-electron chi connectivity index (χ4n) is 4.98. The van der Waals surface area contributed by atoms with Crippen LogP contribution in [0.5, 0.6) is 0 Å². The normalized spacial score (nSPS) is 13.4. The first-order valence-electron chi connectivity index (χ1n) is 13.4. The smallest absolute Gasteiger partial charge is 0.0820 e. The maximum Gasteiger partial charge on any atom is 0.0820 e. The standard InChI is InChI=1S/C34H40N2O/c1-34(2,30-21-13-6-14-22-30)36-26-33(37)32(25-27-15-7-3-8-16-27)35-24-23-31(28-17-9-4-10-18-28)29-19-11-5-12-20-29/h3-22,31-33,35-37H,23-26H2,1-2H3/t32-,33+/m0/s1. The molecule has 0 fully saturated rings. The van der Waals surface area contributed by atoms with Crippen LogP contribution in [0.3, 0.4) is 0 Å². The van der Waals surface area contributed by atoms with Gasteiger partial charge in [-0.05, 0) is 55.5 Å². The summed E-state index contributed by atoms with van der Waals surface area (Å²) in [5, 5.41) is 18.7. The lowest BCUT2D eigenvalue weighted by Crippen LogP contribution is -2.50. The SMILES string of the molecule is CC(C)(NC[C@@H](O)[C@H](Cc1ccccc1)NCCC(c1ccccc1)c1ccccc1)c1ccccc1. The fourth-order valence-corrected chi connectivity index (χ4v) is 4.98. The maximum absolute atomic E-state index is 11.4. The van der Waals surface area contributed by atoms with Crippen LogP contribution in [0.1, 0.15) is 48.4 Å². The molecule has 0 aliphatic heterocycles. The van der Waals surface area contributed by atoms with E-state index >= 15 is 0 Å². The van der Waals surface area contributed by atoms with E-state index in [-0.39, 0.29) is 11.6 Å². The second-order valence-electron chi connectivity index (χ2n) is 10.4. The number of hydrogen-bond donors (Lipinski definition) is 3. The first-order valence-corrected chi connectivity index (χ1v) is 13.4. The summed E-state index contributed by atoms with van der Waals surface area (Å²) in [7, 11) is 0. The molecule has 0 saturated heterocycles. The predicted molar refractivity (Wildman–Crippen MR) is 155 cm³/mol. The van der Waals surface area contributed by atoms with Crippen LogP contribution in [0.4, 0.5) is 0 Å². The molecule has 4 aromatic rings. The van der Waals surface area contributed by atoms with Gasteiger partial charge in [0.05, 0.1) is 6.10 Å². The van der Waals surface area contributed by atoms with Gasteiger partial charge in [-0.2, -0.15) is 0 Å². The molecular weight excluding hydrogens is 452 g/mol. The van der Waals surface area contributed by atoms with E-state index in [1.54, 1.807) is 0 Å². The molecule has 0 aromatic heterocycles. The molecule has 2 atom stereocenters. The zero-order valence-corrected chi connectivity index (χ0v) is 22.1. The molecule has 0 spiro atoms. The van der Waals surface area contributed by atoms with Crippen molar-refractivity contribution >= 4 is 0 Å². The van der Waals surface area contributed by atoms with Crippen LogP contribution in [-0.4, -0.2) is 30.3 Å². The van der Waals surface area contributed by atoms with E-state index in [1.165, 1.54) is 22.3 Å². The molecule has 0 aliphatic carbocycles. The summed E-state index contributed by atoms with van der Waals surface area (Å²) in [6, 6.07) is 42.2. The van der Waals surface area contributed by atoms with Gasteiger partial charge in [-0.25, -0.2) is 0 Å². The fraction of sp³-hybridized carbons (Fsp3) is 0.294. The summed E-state index contributed by atoms with van der Waals surface area (Å²) >= 11 is 0. The largest absolute Gasteiger partial charge is 0.390 e. The molecule has 3 nitrogen and oxygen atoms in total. The van der Waals surface area contributed by atoms with E-state index in [2.05, 4.69) is 134 Å². The van der Waals surface area contributed by atoms with Crippen molar-refractivity contribution in [1.82, 2.24) is 10.6 Å². The summed E-state index contributed by atoms with van der Waals surface area (Å²) in [6.45, 7) is 5.65. The Morgan fingerprint density at radius 2 is 1.16 bits per heavy atom. The summed E-state index contributed by atoms with van der Waals surface area (Å²) in [5.74, 6) is 0.305. The Kier molecular flexibility index (Phi) is 9.67. The number of benzene rings is 4. The minimum atomic E-state index is -0.532. The Bertz CT molecular complexity index is 1120. The van der Waals surface area contributed by atoms with Gasteiger partial charge in [-0.3, -0.25) is 0 Å². The van der Waals surface area contributed by atoms with E-state index in [0.717, 1.165) is 19.4 Å². The van der Waals surface area contributed by atoms with Crippen molar-refractivity contribution in [1.29, 1.82) is 0 Å². The van der Waals surface area contributed by atoms with E-state index in [9.17, 15) is 5.11 Å². The number of aliphatic hydroxyl groups excluding tert-OH is 1. The lowest BCUT2D eigenvalue weighted by atomic mass is 9.88. The van der Waals surface area contributed by atoms with Crippen molar-refractivity contribution in [2.24, 2.45) is 0 Å². The molecule has 0 bridgehead atoms. The zero-order valence-electron chi connectivity index (χ0n) is 22.1. The van der Waals surface area contributed by atoms with Gasteiger partial charge in [0, 0.05) is 24.0 Å². The van der Waals surface area contributed by atoms with Gasteiger partial charge in [0.1, 0.15) is 0 Å². The first kappa shape index (κ1) is 26.8. The Hall–Kier alpha value is -3.24. The highest BCUT2D eigenvalue weighted by atomic mass is 16.3. The van der Waals surface area contributed by atoms with Crippen molar-refractivity contribution < 1.29 is 5.11 Å². The maximum atomic E-state index is 11.4. The minimum absolute atomic E-state index is 0.0614. The van der Waals surface area contributed by atoms with Gasteiger partial charge >= 0.3 is 0 Å². The van der Waals surface area contributed by atoms with Crippen LogP contribution >= 0.6 is 0 Å². The van der Waals surface area contributed by atoms with Crippen LogP contribution in [0, 0.1) is 0 Å². The molecule has 192 valence electrons. The highest BCUT2D eigenvalue weighted by Crippen LogP contribution is 2.27. The Morgan fingerprint density at radius 1 is 0.676 bits per heavy atom. The predicted octanol–water partition coefficient (Wildman–Crippen LogP) is 6.30. The highest BCUT2D eigenvalue weighted by molar-refractivity contribution is 5.32. The quantitative estimate of drug-likeness (QED) is 0.205. The molecule has 3 N–H and O–H groups in total. The third-order valence-electron chi connectivity index (χ3n) is 7.25.